The fourth-order valence-electron chi connectivity index (χ4n) is 2.41. The van der Waals surface area contributed by atoms with Gasteiger partial charge in [-0.1, -0.05) is 0 Å². The molecule has 2 unspecified atom stereocenters. The Morgan fingerprint density at radius 3 is 2.80 bits per heavy atom. The van der Waals surface area contributed by atoms with Crippen LogP contribution in [0.5, 0.6) is 6.01 Å². The predicted octanol–water partition coefficient (Wildman–Crippen LogP) is -0.646. The number of ether oxygens (including phenoxy) is 1. The highest BCUT2D eigenvalue weighted by Crippen LogP contribution is 2.24. The van der Waals surface area contributed by atoms with Gasteiger partial charge in [0.15, 0.2) is 0 Å². The molecule has 20 heavy (non-hydrogen) atoms. The van der Waals surface area contributed by atoms with Crippen LogP contribution in [0.15, 0.2) is 0 Å². The van der Waals surface area contributed by atoms with Crippen LogP contribution in [-0.4, -0.2) is 70.9 Å². The summed E-state index contributed by atoms with van der Waals surface area (Å²) in [5, 5.41) is 9.89. The van der Waals surface area contributed by atoms with Crippen molar-refractivity contribution >= 4 is 11.9 Å². The van der Waals surface area contributed by atoms with Gasteiger partial charge in [-0.15, -0.1) is 0 Å². The number of nitrogen functional groups attached to an aromatic ring is 1. The molecule has 2 atom stereocenters. The Hall–Kier alpha value is -1.67. The lowest BCUT2D eigenvalue weighted by molar-refractivity contribution is 0.191. The Bertz CT molecular complexity index is 456. The minimum absolute atomic E-state index is 0.128. The molecule has 3 N–H and O–H groups in total. The molecule has 2 rings (SSSR count). The Morgan fingerprint density at radius 1 is 1.40 bits per heavy atom. The molecule has 0 spiro atoms. The van der Waals surface area contributed by atoms with E-state index >= 15 is 0 Å². The molecule has 0 bridgehead atoms. The summed E-state index contributed by atoms with van der Waals surface area (Å²) in [6.45, 7) is 3.63. The molecule has 1 aliphatic heterocycles. The number of likely N-dealkylation sites (N-methyl/N-ethyl adjacent to an activating group) is 1. The Balaban J connectivity index is 2.23. The average Bonchev–Trinajstić information content (AvgIpc) is 2.69. The predicted molar refractivity (Wildman–Crippen MR) is 75.7 cm³/mol. The van der Waals surface area contributed by atoms with Gasteiger partial charge >= 0.3 is 6.01 Å². The van der Waals surface area contributed by atoms with Crippen molar-refractivity contribution in [3.8, 4) is 6.01 Å². The van der Waals surface area contributed by atoms with Gasteiger partial charge < -0.3 is 25.4 Å². The van der Waals surface area contributed by atoms with Crippen LogP contribution in [0.3, 0.4) is 0 Å². The number of nitrogens with zero attached hydrogens (tertiary/aromatic N) is 5. The van der Waals surface area contributed by atoms with Gasteiger partial charge in [0.05, 0.1) is 12.7 Å². The zero-order chi connectivity index (χ0) is 14.7. The molecule has 1 aromatic rings. The monoisotopic (exact) mass is 282 g/mol. The first-order valence-electron chi connectivity index (χ1n) is 6.73. The van der Waals surface area contributed by atoms with Crippen LogP contribution in [0.25, 0.3) is 0 Å². The summed E-state index contributed by atoms with van der Waals surface area (Å²) >= 11 is 0. The van der Waals surface area contributed by atoms with Crippen molar-refractivity contribution in [3.63, 3.8) is 0 Å². The van der Waals surface area contributed by atoms with E-state index in [1.165, 1.54) is 0 Å². The minimum Gasteiger partial charge on any atom is -0.464 e. The van der Waals surface area contributed by atoms with Crippen LogP contribution in [-0.2, 0) is 0 Å². The number of nitrogens with two attached hydrogens (primary N) is 1. The maximum Gasteiger partial charge on any atom is 0.323 e. The summed E-state index contributed by atoms with van der Waals surface area (Å²) in [5.41, 5.74) is 5.70. The molecule has 1 fully saturated rings. The van der Waals surface area contributed by atoms with Gasteiger partial charge in [-0.2, -0.15) is 15.0 Å². The first-order chi connectivity index (χ1) is 9.49. The average molecular weight is 282 g/mol. The fraction of sp³-hybridized carbons (Fsp3) is 0.750. The van der Waals surface area contributed by atoms with Gasteiger partial charge in [-0.25, -0.2) is 0 Å². The van der Waals surface area contributed by atoms with Crippen LogP contribution in [0.2, 0.25) is 0 Å². The third-order valence-corrected chi connectivity index (χ3v) is 3.12. The summed E-state index contributed by atoms with van der Waals surface area (Å²) in [6.07, 6.45) is 0.307. The molecular weight excluding hydrogens is 260 g/mol. The van der Waals surface area contributed by atoms with E-state index in [0.29, 0.717) is 25.5 Å². The number of rotatable bonds is 5. The van der Waals surface area contributed by atoms with E-state index in [4.69, 9.17) is 10.5 Å². The number of aliphatic hydroxyl groups is 1. The molecule has 8 nitrogen and oxygen atoms in total. The molecule has 0 radical (unpaired) electrons. The number of hydrogen-bond acceptors (Lipinski definition) is 8. The smallest absolute Gasteiger partial charge is 0.323 e. The number of aliphatic hydroxyl groups excluding tert-OH is 1. The normalized spacial score (nSPS) is 22.6. The van der Waals surface area contributed by atoms with Crippen LogP contribution in [0, 0.1) is 0 Å². The number of anilines is 2. The lowest BCUT2D eigenvalue weighted by Gasteiger charge is -2.26. The van der Waals surface area contributed by atoms with Gasteiger partial charge in [0.2, 0.25) is 11.9 Å². The molecule has 0 aromatic carbocycles. The van der Waals surface area contributed by atoms with E-state index in [9.17, 15) is 5.11 Å². The number of β-amino-alcohol motifs (C(OH)–C–C–N with tert-alkyl or cyclic N) is 1. The second kappa shape index (κ2) is 6.19. The highest BCUT2D eigenvalue weighted by Gasteiger charge is 2.33. The second-order valence-electron chi connectivity index (χ2n) is 5.17. The van der Waals surface area contributed by atoms with Crippen LogP contribution >= 0.6 is 0 Å². The summed E-state index contributed by atoms with van der Waals surface area (Å²) in [6, 6.07) is 0.372. The molecule has 2 heterocycles. The summed E-state index contributed by atoms with van der Waals surface area (Å²) < 4.78 is 5.29. The Kier molecular flexibility index (Phi) is 4.56. The van der Waals surface area contributed by atoms with E-state index in [1.54, 1.807) is 0 Å². The second-order valence-corrected chi connectivity index (χ2v) is 5.17. The van der Waals surface area contributed by atoms with Crippen LogP contribution < -0.4 is 15.4 Å². The van der Waals surface area contributed by atoms with Crippen LogP contribution in [0.4, 0.5) is 11.9 Å². The SMILES string of the molecule is CCOc1nc(N)nc(N2CC(O)CC2CN(C)C)n1. The minimum atomic E-state index is -0.381. The van der Waals surface area contributed by atoms with E-state index in [1.807, 2.05) is 25.9 Å². The van der Waals surface area contributed by atoms with E-state index in [0.717, 1.165) is 6.54 Å². The fourth-order valence-corrected chi connectivity index (χ4v) is 2.41. The molecule has 1 saturated heterocycles. The van der Waals surface area contributed by atoms with Gasteiger partial charge in [0, 0.05) is 19.1 Å². The Labute approximate surface area is 118 Å². The van der Waals surface area contributed by atoms with Crippen molar-refractivity contribution in [2.24, 2.45) is 0 Å². The number of aromatic nitrogens is 3. The Morgan fingerprint density at radius 2 is 2.15 bits per heavy atom. The molecule has 1 aromatic heterocycles. The molecule has 0 amide bonds. The summed E-state index contributed by atoms with van der Waals surface area (Å²) in [4.78, 5) is 16.4. The molecule has 0 aliphatic carbocycles. The van der Waals surface area contributed by atoms with Gasteiger partial charge in [0.25, 0.3) is 0 Å². The zero-order valence-corrected chi connectivity index (χ0v) is 12.2. The van der Waals surface area contributed by atoms with Gasteiger partial charge in [-0.05, 0) is 27.4 Å². The van der Waals surface area contributed by atoms with Gasteiger partial charge in [-0.3, -0.25) is 0 Å². The maximum absolute atomic E-state index is 9.89. The third-order valence-electron chi connectivity index (χ3n) is 3.12. The van der Waals surface area contributed by atoms with E-state index in [2.05, 4.69) is 19.9 Å². The quantitative estimate of drug-likeness (QED) is 0.735. The molecular formula is C12H22N6O2. The standard InChI is InChI=1S/C12H22N6O2/c1-4-20-12-15-10(13)14-11(16-12)18-7-9(19)5-8(18)6-17(2)3/h8-9,19H,4-7H2,1-3H3,(H2,13,14,15,16). The largest absolute Gasteiger partial charge is 0.464 e. The molecule has 0 saturated carbocycles. The van der Waals surface area contributed by atoms with Gasteiger partial charge in [0.1, 0.15) is 0 Å². The summed E-state index contributed by atoms with van der Waals surface area (Å²) in [7, 11) is 3.99. The number of hydrogen-bond donors (Lipinski definition) is 2. The van der Waals surface area contributed by atoms with Crippen molar-refractivity contribution in [1.29, 1.82) is 0 Å². The topological polar surface area (TPSA) is 101 Å². The van der Waals surface area contributed by atoms with Crippen molar-refractivity contribution in [1.82, 2.24) is 19.9 Å². The zero-order valence-electron chi connectivity index (χ0n) is 12.2. The van der Waals surface area contributed by atoms with Crippen molar-refractivity contribution in [2.45, 2.75) is 25.5 Å². The lowest BCUT2D eigenvalue weighted by Crippen LogP contribution is -2.38. The highest BCUT2D eigenvalue weighted by atomic mass is 16.5. The highest BCUT2D eigenvalue weighted by molar-refractivity contribution is 5.39. The maximum atomic E-state index is 9.89. The van der Waals surface area contributed by atoms with E-state index < -0.39 is 0 Å². The molecule has 1 aliphatic rings. The lowest BCUT2D eigenvalue weighted by atomic mass is 10.2. The summed E-state index contributed by atoms with van der Waals surface area (Å²) in [5.74, 6) is 0.591. The van der Waals surface area contributed by atoms with E-state index in [-0.39, 0.29) is 24.1 Å². The van der Waals surface area contributed by atoms with Crippen molar-refractivity contribution in [2.75, 3.05) is 44.4 Å². The molecule has 8 heteroatoms. The molecule has 112 valence electrons. The third kappa shape index (κ3) is 3.45. The van der Waals surface area contributed by atoms with Crippen LogP contribution in [0.1, 0.15) is 13.3 Å². The first kappa shape index (κ1) is 14.7. The van der Waals surface area contributed by atoms with Crippen molar-refractivity contribution < 1.29 is 9.84 Å². The van der Waals surface area contributed by atoms with Crippen molar-refractivity contribution in [3.05, 3.63) is 0 Å². The first-order valence-corrected chi connectivity index (χ1v) is 6.73.